The number of amides is 2. The van der Waals surface area contributed by atoms with Gasteiger partial charge in [-0.05, 0) is 44.4 Å². The molecule has 2 aliphatic rings. The van der Waals surface area contributed by atoms with Gasteiger partial charge in [-0.2, -0.15) is 0 Å². The highest BCUT2D eigenvalue weighted by atomic mass is 16.5. The van der Waals surface area contributed by atoms with Gasteiger partial charge in [0, 0.05) is 18.7 Å². The smallest absolute Gasteiger partial charge is 0.265 e. The minimum atomic E-state index is -0.501. The number of rotatable bonds is 4. The summed E-state index contributed by atoms with van der Waals surface area (Å²) in [4.78, 5) is 23.6. The average molecular weight is 304 g/mol. The van der Waals surface area contributed by atoms with Crippen LogP contribution >= 0.6 is 0 Å². The van der Waals surface area contributed by atoms with Crippen molar-refractivity contribution in [1.29, 1.82) is 0 Å². The van der Waals surface area contributed by atoms with Crippen molar-refractivity contribution in [2.24, 2.45) is 0 Å². The number of carbonyl (C=O) groups excluding carboxylic acids is 2. The molecule has 3 rings (SSSR count). The summed E-state index contributed by atoms with van der Waals surface area (Å²) in [6.45, 7) is 2.49. The summed E-state index contributed by atoms with van der Waals surface area (Å²) in [6.07, 6.45) is 3.00. The third kappa shape index (κ3) is 3.39. The van der Waals surface area contributed by atoms with E-state index in [1.54, 1.807) is 25.1 Å². The monoisotopic (exact) mass is 304 g/mol. The Morgan fingerprint density at radius 1 is 1.45 bits per heavy atom. The van der Waals surface area contributed by atoms with E-state index >= 15 is 0 Å². The van der Waals surface area contributed by atoms with Crippen LogP contribution in [-0.4, -0.2) is 30.6 Å². The average Bonchev–Trinajstić information content (AvgIpc) is 3.00. The molecule has 6 nitrogen and oxygen atoms in total. The quantitative estimate of drug-likeness (QED) is 0.895. The first kappa shape index (κ1) is 14.8. The largest absolute Gasteiger partial charge is 0.479 e. The topological polar surface area (TPSA) is 76.7 Å². The van der Waals surface area contributed by atoms with E-state index in [4.69, 9.17) is 9.47 Å². The molecule has 2 aliphatic heterocycles. The van der Waals surface area contributed by atoms with Crippen molar-refractivity contribution in [3.05, 3.63) is 18.2 Å². The zero-order valence-electron chi connectivity index (χ0n) is 12.6. The molecule has 0 aliphatic carbocycles. The van der Waals surface area contributed by atoms with Gasteiger partial charge in [-0.1, -0.05) is 0 Å². The van der Waals surface area contributed by atoms with E-state index in [9.17, 15) is 9.59 Å². The summed E-state index contributed by atoms with van der Waals surface area (Å²) >= 11 is 0. The molecule has 0 aromatic heterocycles. The predicted octanol–water partition coefficient (Wildman–Crippen LogP) is 2.30. The van der Waals surface area contributed by atoms with Crippen LogP contribution in [0.5, 0.6) is 5.75 Å². The van der Waals surface area contributed by atoms with Gasteiger partial charge in [0.25, 0.3) is 5.91 Å². The Morgan fingerprint density at radius 2 is 2.32 bits per heavy atom. The number of carbonyl (C=O) groups is 2. The van der Waals surface area contributed by atoms with Gasteiger partial charge < -0.3 is 20.1 Å². The van der Waals surface area contributed by atoms with E-state index in [0.717, 1.165) is 25.9 Å². The SMILES string of the molecule is CC1Oc2ccc(NC(=O)CCC3CCCO3)cc2NC1=O. The van der Waals surface area contributed by atoms with Crippen LogP contribution in [0.3, 0.4) is 0 Å². The fraction of sp³-hybridized carbons (Fsp3) is 0.500. The maximum Gasteiger partial charge on any atom is 0.265 e. The lowest BCUT2D eigenvalue weighted by Gasteiger charge is -2.23. The Kier molecular flexibility index (Phi) is 4.29. The Balaban J connectivity index is 1.57. The first-order chi connectivity index (χ1) is 10.6. The van der Waals surface area contributed by atoms with Gasteiger partial charge in [-0.15, -0.1) is 0 Å². The minimum Gasteiger partial charge on any atom is -0.479 e. The molecule has 1 fully saturated rings. The maximum absolute atomic E-state index is 12.0. The van der Waals surface area contributed by atoms with Gasteiger partial charge in [-0.3, -0.25) is 9.59 Å². The number of ether oxygens (including phenoxy) is 2. The molecule has 2 N–H and O–H groups in total. The Labute approximate surface area is 129 Å². The molecule has 0 saturated carbocycles. The molecule has 6 heteroatoms. The third-order valence-electron chi connectivity index (χ3n) is 3.91. The molecule has 1 saturated heterocycles. The highest BCUT2D eigenvalue weighted by molar-refractivity contribution is 5.99. The van der Waals surface area contributed by atoms with Crippen LogP contribution in [0.1, 0.15) is 32.6 Å². The van der Waals surface area contributed by atoms with Gasteiger partial charge in [0.2, 0.25) is 5.91 Å². The predicted molar refractivity (Wildman–Crippen MR) is 82.0 cm³/mol. The van der Waals surface area contributed by atoms with Crippen molar-refractivity contribution in [2.75, 3.05) is 17.2 Å². The number of hydrogen-bond acceptors (Lipinski definition) is 4. The van der Waals surface area contributed by atoms with Gasteiger partial charge in [0.1, 0.15) is 5.75 Å². The van der Waals surface area contributed by atoms with Gasteiger partial charge in [0.15, 0.2) is 6.10 Å². The molecule has 1 aromatic carbocycles. The number of benzene rings is 1. The highest BCUT2D eigenvalue weighted by Crippen LogP contribution is 2.32. The second kappa shape index (κ2) is 6.36. The first-order valence-electron chi connectivity index (χ1n) is 7.65. The number of nitrogens with one attached hydrogen (secondary N) is 2. The van der Waals surface area contributed by atoms with Crippen molar-refractivity contribution in [3.8, 4) is 5.75 Å². The maximum atomic E-state index is 12.0. The second-order valence-electron chi connectivity index (χ2n) is 5.68. The summed E-state index contributed by atoms with van der Waals surface area (Å²) in [5.41, 5.74) is 1.23. The van der Waals surface area contributed by atoms with Crippen molar-refractivity contribution >= 4 is 23.2 Å². The minimum absolute atomic E-state index is 0.0492. The van der Waals surface area contributed by atoms with Crippen molar-refractivity contribution in [3.63, 3.8) is 0 Å². The molecule has 0 bridgehead atoms. The number of fused-ring (bicyclic) bond motifs is 1. The van der Waals surface area contributed by atoms with Crippen molar-refractivity contribution in [2.45, 2.75) is 44.8 Å². The molecular weight excluding hydrogens is 284 g/mol. The highest BCUT2D eigenvalue weighted by Gasteiger charge is 2.23. The lowest BCUT2D eigenvalue weighted by molar-refractivity contribution is -0.122. The molecule has 0 spiro atoms. The summed E-state index contributed by atoms with van der Waals surface area (Å²) < 4.78 is 11.0. The zero-order chi connectivity index (χ0) is 15.5. The number of anilines is 2. The van der Waals surface area contributed by atoms with E-state index in [2.05, 4.69) is 10.6 Å². The second-order valence-corrected chi connectivity index (χ2v) is 5.68. The van der Waals surface area contributed by atoms with Gasteiger partial charge in [-0.25, -0.2) is 0 Å². The van der Waals surface area contributed by atoms with Gasteiger partial charge >= 0.3 is 0 Å². The molecule has 2 amide bonds. The molecule has 1 aromatic rings. The number of hydrogen-bond donors (Lipinski definition) is 2. The fourth-order valence-corrected chi connectivity index (χ4v) is 2.67. The molecule has 118 valence electrons. The van der Waals surface area contributed by atoms with E-state index in [-0.39, 0.29) is 17.9 Å². The zero-order valence-corrected chi connectivity index (χ0v) is 12.6. The summed E-state index contributed by atoms with van der Waals surface area (Å²) in [5.74, 6) is 0.380. The van der Waals surface area contributed by atoms with E-state index < -0.39 is 6.10 Å². The molecule has 2 unspecified atom stereocenters. The van der Waals surface area contributed by atoms with Crippen LogP contribution in [-0.2, 0) is 14.3 Å². The van der Waals surface area contributed by atoms with E-state index in [1.807, 2.05) is 0 Å². The molecular formula is C16H20N2O4. The van der Waals surface area contributed by atoms with Crippen molar-refractivity contribution < 1.29 is 19.1 Å². The summed E-state index contributed by atoms with van der Waals surface area (Å²) in [6, 6.07) is 5.23. The fourth-order valence-electron chi connectivity index (χ4n) is 2.67. The van der Waals surface area contributed by atoms with Crippen LogP contribution in [0.4, 0.5) is 11.4 Å². The standard InChI is InChI=1S/C16H20N2O4/c1-10-16(20)18-13-9-11(4-6-14(13)22-10)17-15(19)7-5-12-3-2-8-21-12/h4,6,9-10,12H,2-3,5,7-8H2,1H3,(H,17,19)(H,18,20). The molecule has 2 atom stereocenters. The van der Waals surface area contributed by atoms with Crippen LogP contribution in [0, 0.1) is 0 Å². The normalized spacial score (nSPS) is 23.4. The Bertz CT molecular complexity index is 582. The van der Waals surface area contributed by atoms with Crippen LogP contribution in [0.2, 0.25) is 0 Å². The van der Waals surface area contributed by atoms with E-state index in [0.29, 0.717) is 23.5 Å². The first-order valence-corrected chi connectivity index (χ1v) is 7.65. The third-order valence-corrected chi connectivity index (χ3v) is 3.91. The van der Waals surface area contributed by atoms with Gasteiger partial charge in [0.05, 0.1) is 11.8 Å². The Hall–Kier alpha value is -2.08. The lowest BCUT2D eigenvalue weighted by Crippen LogP contribution is -2.34. The van der Waals surface area contributed by atoms with Crippen LogP contribution in [0.15, 0.2) is 18.2 Å². The van der Waals surface area contributed by atoms with Crippen LogP contribution in [0.25, 0.3) is 0 Å². The van der Waals surface area contributed by atoms with Crippen LogP contribution < -0.4 is 15.4 Å². The summed E-state index contributed by atoms with van der Waals surface area (Å²) in [5, 5.41) is 5.61. The lowest BCUT2D eigenvalue weighted by atomic mass is 10.1. The summed E-state index contributed by atoms with van der Waals surface area (Å²) in [7, 11) is 0. The Morgan fingerprint density at radius 3 is 3.09 bits per heavy atom. The molecule has 0 radical (unpaired) electrons. The molecule has 2 heterocycles. The molecule has 22 heavy (non-hydrogen) atoms. The van der Waals surface area contributed by atoms with Crippen molar-refractivity contribution in [1.82, 2.24) is 0 Å². The van der Waals surface area contributed by atoms with E-state index in [1.165, 1.54) is 0 Å².